The van der Waals surface area contributed by atoms with Crippen molar-refractivity contribution in [1.82, 2.24) is 0 Å². The quantitative estimate of drug-likeness (QED) is 0.589. The smallest absolute Gasteiger partial charge is 0.169 e. The molecule has 1 heterocycles. The zero-order valence-electron chi connectivity index (χ0n) is 10.1. The first-order chi connectivity index (χ1) is 7.49. The van der Waals surface area contributed by atoms with Crippen molar-refractivity contribution < 1.29 is 4.79 Å². The molecular formula is C13H19NOS. The van der Waals surface area contributed by atoms with Gasteiger partial charge in [-0.1, -0.05) is 20.8 Å². The number of Topliss-reactive ketones (excluding diaryl/α,β-unsaturated/α-hetero) is 1. The highest BCUT2D eigenvalue weighted by Gasteiger charge is 2.33. The van der Waals surface area contributed by atoms with Crippen LogP contribution in [0.4, 0.5) is 0 Å². The third-order valence-electron chi connectivity index (χ3n) is 2.74. The van der Waals surface area contributed by atoms with Crippen LogP contribution in [0.2, 0.25) is 0 Å². The maximum absolute atomic E-state index is 12.4. The normalized spacial score (nSPS) is 14.8. The number of nitrogens with one attached hydrogen (secondary N) is 1. The highest BCUT2D eigenvalue weighted by molar-refractivity contribution is 7.08. The largest absolute Gasteiger partial charge is 0.313 e. The summed E-state index contributed by atoms with van der Waals surface area (Å²) >= 11 is 1.54. The van der Waals surface area contributed by atoms with E-state index in [1.807, 2.05) is 23.8 Å². The van der Waals surface area contributed by atoms with Gasteiger partial charge in [-0.25, -0.2) is 0 Å². The lowest BCUT2D eigenvalue weighted by atomic mass is 9.74. The highest BCUT2D eigenvalue weighted by atomic mass is 32.1. The fourth-order valence-corrected chi connectivity index (χ4v) is 2.77. The fourth-order valence-electron chi connectivity index (χ4n) is 2.14. The Morgan fingerprint density at radius 1 is 1.62 bits per heavy atom. The van der Waals surface area contributed by atoms with Gasteiger partial charge >= 0.3 is 0 Å². The van der Waals surface area contributed by atoms with Crippen molar-refractivity contribution in [1.29, 1.82) is 5.41 Å². The summed E-state index contributed by atoms with van der Waals surface area (Å²) < 4.78 is 0. The van der Waals surface area contributed by atoms with Crippen molar-refractivity contribution in [2.45, 2.75) is 33.6 Å². The minimum atomic E-state index is -0.420. The van der Waals surface area contributed by atoms with Gasteiger partial charge in [-0.05, 0) is 36.4 Å². The van der Waals surface area contributed by atoms with Gasteiger partial charge in [-0.3, -0.25) is 4.79 Å². The van der Waals surface area contributed by atoms with Gasteiger partial charge in [0.1, 0.15) is 0 Å². The predicted octanol–water partition coefficient (Wildman–Crippen LogP) is 4.02. The van der Waals surface area contributed by atoms with Crippen LogP contribution in [-0.4, -0.2) is 12.0 Å². The van der Waals surface area contributed by atoms with E-state index >= 15 is 0 Å². The van der Waals surface area contributed by atoms with Crippen LogP contribution in [0.5, 0.6) is 0 Å². The molecule has 1 atom stereocenters. The van der Waals surface area contributed by atoms with Crippen molar-refractivity contribution >= 4 is 23.3 Å². The number of carbonyl (C=O) groups excluding carboxylic acids is 1. The van der Waals surface area contributed by atoms with Crippen LogP contribution in [0.1, 0.15) is 44.0 Å². The molecule has 0 aliphatic heterocycles. The SMILES string of the molecule is CC(C)CC(C)(CC=N)C(=O)c1ccsc1. The Hall–Kier alpha value is -0.960. The minimum Gasteiger partial charge on any atom is -0.313 e. The summed E-state index contributed by atoms with van der Waals surface area (Å²) in [5, 5.41) is 11.1. The van der Waals surface area contributed by atoms with Crippen molar-refractivity contribution in [3.8, 4) is 0 Å². The van der Waals surface area contributed by atoms with E-state index in [0.29, 0.717) is 12.3 Å². The molecule has 1 aromatic rings. The number of hydrogen-bond donors (Lipinski definition) is 1. The molecule has 1 rings (SSSR count). The molecule has 0 spiro atoms. The molecule has 0 aliphatic rings. The molecule has 0 amide bonds. The Labute approximate surface area is 101 Å². The zero-order chi connectivity index (χ0) is 12.2. The van der Waals surface area contributed by atoms with Crippen LogP contribution < -0.4 is 0 Å². The third-order valence-corrected chi connectivity index (χ3v) is 3.43. The number of ketones is 1. The Morgan fingerprint density at radius 3 is 2.75 bits per heavy atom. The van der Waals surface area contributed by atoms with Crippen LogP contribution in [0.15, 0.2) is 16.8 Å². The van der Waals surface area contributed by atoms with E-state index in [9.17, 15) is 4.79 Å². The summed E-state index contributed by atoms with van der Waals surface area (Å²) in [6.45, 7) is 6.20. The molecule has 0 fully saturated rings. The standard InChI is InChI=1S/C13H19NOS/c1-10(2)8-13(3,5-6-14)12(15)11-4-7-16-9-11/h4,6-7,9-10,14H,5,8H2,1-3H3. The molecule has 0 saturated carbocycles. The molecule has 2 nitrogen and oxygen atoms in total. The number of carbonyl (C=O) groups is 1. The molecule has 0 aliphatic carbocycles. The molecule has 0 bridgehead atoms. The van der Waals surface area contributed by atoms with E-state index in [1.54, 1.807) is 11.3 Å². The van der Waals surface area contributed by atoms with E-state index in [2.05, 4.69) is 13.8 Å². The van der Waals surface area contributed by atoms with Gasteiger partial charge in [0.25, 0.3) is 0 Å². The highest BCUT2D eigenvalue weighted by Crippen LogP contribution is 2.33. The maximum atomic E-state index is 12.4. The molecule has 1 unspecified atom stereocenters. The predicted molar refractivity (Wildman–Crippen MR) is 69.6 cm³/mol. The summed E-state index contributed by atoms with van der Waals surface area (Å²) in [5.74, 6) is 0.637. The fraction of sp³-hybridized carbons (Fsp3) is 0.538. The molecular weight excluding hydrogens is 218 g/mol. The van der Waals surface area contributed by atoms with E-state index in [4.69, 9.17) is 5.41 Å². The van der Waals surface area contributed by atoms with Crippen molar-refractivity contribution in [2.75, 3.05) is 0 Å². The summed E-state index contributed by atoms with van der Waals surface area (Å²) in [4.78, 5) is 12.4. The maximum Gasteiger partial charge on any atom is 0.169 e. The monoisotopic (exact) mass is 237 g/mol. The first-order valence-electron chi connectivity index (χ1n) is 5.55. The molecule has 0 aromatic carbocycles. The number of hydrogen-bond acceptors (Lipinski definition) is 3. The molecule has 1 aromatic heterocycles. The van der Waals surface area contributed by atoms with Crippen LogP contribution in [-0.2, 0) is 0 Å². The average molecular weight is 237 g/mol. The lowest BCUT2D eigenvalue weighted by molar-refractivity contribution is 0.0793. The van der Waals surface area contributed by atoms with Crippen LogP contribution in [0.25, 0.3) is 0 Å². The first-order valence-corrected chi connectivity index (χ1v) is 6.50. The van der Waals surface area contributed by atoms with Crippen molar-refractivity contribution in [3.63, 3.8) is 0 Å². The summed E-state index contributed by atoms with van der Waals surface area (Å²) in [6, 6.07) is 1.87. The topological polar surface area (TPSA) is 40.9 Å². The van der Waals surface area contributed by atoms with Gasteiger partial charge in [0, 0.05) is 16.4 Å². The van der Waals surface area contributed by atoms with Crippen LogP contribution in [0.3, 0.4) is 0 Å². The first kappa shape index (κ1) is 13.1. The van der Waals surface area contributed by atoms with Crippen molar-refractivity contribution in [3.05, 3.63) is 22.4 Å². The van der Waals surface area contributed by atoms with E-state index in [0.717, 1.165) is 12.0 Å². The molecule has 16 heavy (non-hydrogen) atoms. The second-order valence-corrected chi connectivity index (χ2v) is 5.69. The van der Waals surface area contributed by atoms with E-state index < -0.39 is 5.41 Å². The second kappa shape index (κ2) is 5.39. The van der Waals surface area contributed by atoms with E-state index in [-0.39, 0.29) is 5.78 Å². The number of rotatable bonds is 6. The van der Waals surface area contributed by atoms with Gasteiger partial charge in [-0.15, -0.1) is 0 Å². The Bertz CT molecular complexity index is 356. The average Bonchev–Trinajstić information content (AvgIpc) is 2.68. The molecule has 1 N–H and O–H groups in total. The number of thiophene rings is 1. The molecule has 88 valence electrons. The van der Waals surface area contributed by atoms with Gasteiger partial charge in [0.05, 0.1) is 0 Å². The third kappa shape index (κ3) is 3.01. The van der Waals surface area contributed by atoms with Crippen LogP contribution in [0, 0.1) is 16.7 Å². The Balaban J connectivity index is 2.92. The van der Waals surface area contributed by atoms with Gasteiger partial charge in [-0.2, -0.15) is 11.3 Å². The Kier molecular flexibility index (Phi) is 4.42. The molecule has 3 heteroatoms. The Morgan fingerprint density at radius 2 is 2.31 bits per heavy atom. The molecule has 0 saturated heterocycles. The van der Waals surface area contributed by atoms with Gasteiger partial charge in [0.2, 0.25) is 0 Å². The summed E-state index contributed by atoms with van der Waals surface area (Å²) in [7, 11) is 0. The zero-order valence-corrected chi connectivity index (χ0v) is 10.9. The molecule has 0 radical (unpaired) electrons. The van der Waals surface area contributed by atoms with Crippen molar-refractivity contribution in [2.24, 2.45) is 11.3 Å². The lowest BCUT2D eigenvalue weighted by Crippen LogP contribution is -2.29. The minimum absolute atomic E-state index is 0.172. The van der Waals surface area contributed by atoms with Crippen LogP contribution >= 0.6 is 11.3 Å². The van der Waals surface area contributed by atoms with Gasteiger partial charge in [0.15, 0.2) is 5.78 Å². The van der Waals surface area contributed by atoms with E-state index in [1.165, 1.54) is 6.21 Å². The lowest BCUT2D eigenvalue weighted by Gasteiger charge is -2.28. The summed E-state index contributed by atoms with van der Waals surface area (Å²) in [5.41, 5.74) is 0.367. The van der Waals surface area contributed by atoms with Gasteiger partial charge < -0.3 is 5.41 Å². The second-order valence-electron chi connectivity index (χ2n) is 4.91. The summed E-state index contributed by atoms with van der Waals surface area (Å²) in [6.07, 6.45) is 2.71.